The van der Waals surface area contributed by atoms with E-state index in [1.54, 1.807) is 8.61 Å². The quantitative estimate of drug-likeness (QED) is 0.775. The maximum atomic E-state index is 12.6. The van der Waals surface area contributed by atoms with Crippen molar-refractivity contribution < 1.29 is 8.42 Å². The molecule has 0 spiro atoms. The summed E-state index contributed by atoms with van der Waals surface area (Å²) in [6, 6.07) is 1.96. The van der Waals surface area contributed by atoms with E-state index in [0.29, 0.717) is 39.3 Å². The Hall–Kier alpha value is -1.45. The SMILES string of the molecule is Cc1nc(N(C)C)cc(N2CCN(S(=O)(=O)N3CCCC3)CC2)n1. The van der Waals surface area contributed by atoms with Gasteiger partial charge in [-0.3, -0.25) is 0 Å². The van der Waals surface area contributed by atoms with Gasteiger partial charge in [-0.25, -0.2) is 9.97 Å². The summed E-state index contributed by atoms with van der Waals surface area (Å²) in [7, 11) is 0.603. The summed E-state index contributed by atoms with van der Waals surface area (Å²) in [5.74, 6) is 2.46. The van der Waals surface area contributed by atoms with Crippen LogP contribution in [-0.2, 0) is 10.2 Å². The maximum Gasteiger partial charge on any atom is 0.282 e. The molecule has 2 saturated heterocycles. The third-order valence-electron chi connectivity index (χ3n) is 4.55. The number of nitrogens with zero attached hydrogens (tertiary/aromatic N) is 6. The zero-order valence-electron chi connectivity index (χ0n) is 14.6. The predicted molar refractivity (Wildman–Crippen MR) is 94.6 cm³/mol. The monoisotopic (exact) mass is 354 g/mol. The van der Waals surface area contributed by atoms with Crippen LogP contribution in [0.1, 0.15) is 18.7 Å². The van der Waals surface area contributed by atoms with E-state index in [1.165, 1.54) is 0 Å². The minimum Gasteiger partial charge on any atom is -0.363 e. The van der Waals surface area contributed by atoms with Gasteiger partial charge in [-0.1, -0.05) is 0 Å². The molecular formula is C15H26N6O2S. The second kappa shape index (κ2) is 6.81. The Bertz CT molecular complexity index is 679. The van der Waals surface area contributed by atoms with Crippen LogP contribution in [0.3, 0.4) is 0 Å². The van der Waals surface area contributed by atoms with E-state index in [2.05, 4.69) is 14.9 Å². The number of hydrogen-bond acceptors (Lipinski definition) is 6. The molecule has 0 N–H and O–H groups in total. The highest BCUT2D eigenvalue weighted by Gasteiger charge is 2.34. The molecule has 3 rings (SSSR count). The predicted octanol–water partition coefficient (Wildman–Crippen LogP) is 0.314. The second-order valence-corrected chi connectivity index (χ2v) is 8.45. The Morgan fingerprint density at radius 3 is 2.12 bits per heavy atom. The highest BCUT2D eigenvalue weighted by Crippen LogP contribution is 2.22. The third kappa shape index (κ3) is 3.47. The first-order valence-electron chi connectivity index (χ1n) is 8.41. The topological polar surface area (TPSA) is 72.9 Å². The number of piperazine rings is 1. The van der Waals surface area contributed by atoms with Crippen LogP contribution in [0.2, 0.25) is 0 Å². The number of aromatic nitrogens is 2. The summed E-state index contributed by atoms with van der Waals surface area (Å²) >= 11 is 0. The first-order valence-corrected chi connectivity index (χ1v) is 9.81. The Morgan fingerprint density at radius 2 is 1.54 bits per heavy atom. The van der Waals surface area contributed by atoms with Gasteiger partial charge < -0.3 is 9.80 Å². The average Bonchev–Trinajstić information content (AvgIpc) is 3.09. The zero-order valence-corrected chi connectivity index (χ0v) is 15.5. The molecule has 24 heavy (non-hydrogen) atoms. The summed E-state index contributed by atoms with van der Waals surface area (Å²) in [5, 5.41) is 0. The van der Waals surface area contributed by atoms with Crippen LogP contribution in [-0.4, -0.2) is 80.4 Å². The molecule has 1 aromatic rings. The fourth-order valence-electron chi connectivity index (χ4n) is 3.16. The maximum absolute atomic E-state index is 12.6. The molecular weight excluding hydrogens is 328 g/mol. The highest BCUT2D eigenvalue weighted by molar-refractivity contribution is 7.86. The van der Waals surface area contributed by atoms with Crippen LogP contribution in [0.4, 0.5) is 11.6 Å². The smallest absolute Gasteiger partial charge is 0.282 e. The second-order valence-electron chi connectivity index (χ2n) is 6.53. The van der Waals surface area contributed by atoms with Crippen molar-refractivity contribution in [3.8, 4) is 0 Å². The van der Waals surface area contributed by atoms with Crippen molar-refractivity contribution in [1.82, 2.24) is 18.6 Å². The first kappa shape index (κ1) is 17.4. The fraction of sp³-hybridized carbons (Fsp3) is 0.733. The van der Waals surface area contributed by atoms with Crippen molar-refractivity contribution in [3.63, 3.8) is 0 Å². The lowest BCUT2D eigenvalue weighted by molar-refractivity contribution is 0.343. The molecule has 1 aromatic heterocycles. The van der Waals surface area contributed by atoms with Crippen LogP contribution in [0.25, 0.3) is 0 Å². The van der Waals surface area contributed by atoms with Gasteiger partial charge in [-0.2, -0.15) is 17.0 Å². The van der Waals surface area contributed by atoms with Crippen LogP contribution in [0, 0.1) is 6.92 Å². The summed E-state index contributed by atoms with van der Waals surface area (Å²) in [4.78, 5) is 13.0. The molecule has 0 amide bonds. The van der Waals surface area contributed by atoms with Gasteiger partial charge in [0.05, 0.1) is 0 Å². The summed E-state index contributed by atoms with van der Waals surface area (Å²) in [6.45, 7) is 5.48. The van der Waals surface area contributed by atoms with Gasteiger partial charge in [0, 0.05) is 59.4 Å². The van der Waals surface area contributed by atoms with Gasteiger partial charge >= 0.3 is 0 Å². The molecule has 2 aliphatic rings. The molecule has 2 fully saturated rings. The molecule has 0 atom stereocenters. The number of hydrogen-bond donors (Lipinski definition) is 0. The Morgan fingerprint density at radius 1 is 0.958 bits per heavy atom. The highest BCUT2D eigenvalue weighted by atomic mass is 32.2. The van der Waals surface area contributed by atoms with E-state index in [1.807, 2.05) is 32.0 Å². The van der Waals surface area contributed by atoms with Crippen molar-refractivity contribution in [2.45, 2.75) is 19.8 Å². The first-order chi connectivity index (χ1) is 11.4. The summed E-state index contributed by atoms with van der Waals surface area (Å²) < 4.78 is 28.5. The molecule has 0 radical (unpaired) electrons. The standard InChI is InChI=1S/C15H26N6O2S/c1-13-16-14(18(2)3)12-15(17-13)19-8-10-21(11-9-19)24(22,23)20-6-4-5-7-20/h12H,4-11H2,1-3H3. The number of rotatable bonds is 4. The molecule has 2 aliphatic heterocycles. The van der Waals surface area contributed by atoms with Gasteiger partial charge in [-0.05, 0) is 19.8 Å². The summed E-state index contributed by atoms with van der Waals surface area (Å²) in [6.07, 6.45) is 1.93. The van der Waals surface area contributed by atoms with E-state index < -0.39 is 10.2 Å². The molecule has 0 bridgehead atoms. The van der Waals surface area contributed by atoms with Crippen LogP contribution in [0.15, 0.2) is 6.07 Å². The Labute approximate surface area is 144 Å². The lowest BCUT2D eigenvalue weighted by Crippen LogP contribution is -2.52. The lowest BCUT2D eigenvalue weighted by atomic mass is 10.3. The van der Waals surface area contributed by atoms with Gasteiger partial charge in [0.25, 0.3) is 10.2 Å². The zero-order chi connectivity index (χ0) is 17.3. The molecule has 9 heteroatoms. The molecule has 0 saturated carbocycles. The summed E-state index contributed by atoms with van der Waals surface area (Å²) in [5.41, 5.74) is 0. The minimum atomic E-state index is -3.30. The number of aryl methyl sites for hydroxylation is 1. The van der Waals surface area contributed by atoms with E-state index in [4.69, 9.17) is 0 Å². The molecule has 134 valence electrons. The third-order valence-corrected chi connectivity index (χ3v) is 6.58. The molecule has 0 unspecified atom stereocenters. The number of anilines is 2. The van der Waals surface area contributed by atoms with Crippen LogP contribution < -0.4 is 9.80 Å². The van der Waals surface area contributed by atoms with E-state index in [0.717, 1.165) is 30.3 Å². The Balaban J connectivity index is 1.69. The molecule has 8 nitrogen and oxygen atoms in total. The van der Waals surface area contributed by atoms with Gasteiger partial charge in [0.15, 0.2) is 0 Å². The van der Waals surface area contributed by atoms with Crippen LogP contribution >= 0.6 is 0 Å². The Kier molecular flexibility index (Phi) is 4.93. The minimum absolute atomic E-state index is 0.499. The van der Waals surface area contributed by atoms with Crippen molar-refractivity contribution in [1.29, 1.82) is 0 Å². The van der Waals surface area contributed by atoms with Crippen molar-refractivity contribution in [2.24, 2.45) is 0 Å². The largest absolute Gasteiger partial charge is 0.363 e. The fourth-order valence-corrected chi connectivity index (χ4v) is 4.83. The normalized spacial score (nSPS) is 20.5. The molecule has 3 heterocycles. The van der Waals surface area contributed by atoms with Gasteiger partial charge in [0.1, 0.15) is 17.5 Å². The van der Waals surface area contributed by atoms with Crippen LogP contribution in [0.5, 0.6) is 0 Å². The van der Waals surface area contributed by atoms with E-state index in [9.17, 15) is 8.42 Å². The van der Waals surface area contributed by atoms with E-state index >= 15 is 0 Å². The van der Waals surface area contributed by atoms with E-state index in [-0.39, 0.29) is 0 Å². The lowest BCUT2D eigenvalue weighted by Gasteiger charge is -2.36. The van der Waals surface area contributed by atoms with Crippen molar-refractivity contribution in [2.75, 3.05) is 63.2 Å². The van der Waals surface area contributed by atoms with Crippen molar-refractivity contribution >= 4 is 21.8 Å². The average molecular weight is 354 g/mol. The van der Waals surface area contributed by atoms with Gasteiger partial charge in [-0.15, -0.1) is 0 Å². The molecule has 0 aliphatic carbocycles. The van der Waals surface area contributed by atoms with Gasteiger partial charge in [0.2, 0.25) is 0 Å². The van der Waals surface area contributed by atoms with Crippen molar-refractivity contribution in [3.05, 3.63) is 11.9 Å². The molecule has 0 aromatic carbocycles.